The highest BCUT2D eigenvalue weighted by Gasteiger charge is 2.61. The minimum Gasteiger partial charge on any atom is -0.309 e. The van der Waals surface area contributed by atoms with Crippen molar-refractivity contribution in [1.82, 2.24) is 4.57 Å². The highest BCUT2D eigenvalue weighted by molar-refractivity contribution is 7.26. The zero-order valence-electron chi connectivity index (χ0n) is 30.7. The topological polar surface area (TPSA) is 8.17 Å². The molecule has 3 heteroatoms. The number of para-hydroxylation sites is 2. The van der Waals surface area contributed by atoms with Crippen molar-refractivity contribution < 1.29 is 0 Å². The van der Waals surface area contributed by atoms with Crippen molar-refractivity contribution in [2.24, 2.45) is 23.7 Å². The number of benzene rings is 7. The van der Waals surface area contributed by atoms with Gasteiger partial charge >= 0.3 is 0 Å². The molecule has 2 nitrogen and oxygen atoms in total. The molecule has 2 heterocycles. The van der Waals surface area contributed by atoms with Crippen molar-refractivity contribution in [3.8, 4) is 16.8 Å². The first kappa shape index (κ1) is 30.7. The second-order valence-electron chi connectivity index (χ2n) is 16.9. The molecule has 0 amide bonds. The van der Waals surface area contributed by atoms with E-state index in [2.05, 4.69) is 167 Å². The minimum absolute atomic E-state index is 0.0972. The number of aromatic nitrogens is 1. The third-order valence-corrected chi connectivity index (χ3v) is 15.6. The second-order valence-corrected chi connectivity index (χ2v) is 17.9. The number of thiophene rings is 1. The largest absolute Gasteiger partial charge is 0.309 e. The minimum atomic E-state index is 0.0972. The second kappa shape index (κ2) is 11.2. The van der Waals surface area contributed by atoms with Gasteiger partial charge in [0.1, 0.15) is 0 Å². The fourth-order valence-corrected chi connectivity index (χ4v) is 13.8. The molecule has 9 aromatic rings. The van der Waals surface area contributed by atoms with E-state index in [0.29, 0.717) is 11.8 Å². The van der Waals surface area contributed by atoms with Gasteiger partial charge < -0.3 is 9.47 Å². The summed E-state index contributed by atoms with van der Waals surface area (Å²) in [6.07, 6.45) is 7.00. The zero-order valence-corrected chi connectivity index (χ0v) is 31.5. The summed E-state index contributed by atoms with van der Waals surface area (Å²) in [5.74, 6) is 3.25. The molecule has 7 aromatic carbocycles. The number of rotatable bonds is 4. The molecular weight excluding hydrogens is 685 g/mol. The van der Waals surface area contributed by atoms with E-state index < -0.39 is 0 Å². The molecule has 14 rings (SSSR count). The van der Waals surface area contributed by atoms with E-state index >= 15 is 0 Å². The molecule has 0 N–H and O–H groups in total. The van der Waals surface area contributed by atoms with Gasteiger partial charge in [-0.2, -0.15) is 0 Å². The van der Waals surface area contributed by atoms with Crippen molar-refractivity contribution in [3.05, 3.63) is 169 Å². The van der Waals surface area contributed by atoms with E-state index in [-0.39, 0.29) is 5.41 Å². The van der Waals surface area contributed by atoms with Gasteiger partial charge in [-0.3, -0.25) is 0 Å². The van der Waals surface area contributed by atoms with Gasteiger partial charge in [-0.25, -0.2) is 0 Å². The van der Waals surface area contributed by atoms with E-state index in [1.54, 1.807) is 11.1 Å². The van der Waals surface area contributed by atoms with Crippen LogP contribution in [-0.4, -0.2) is 4.57 Å². The van der Waals surface area contributed by atoms with Crippen molar-refractivity contribution in [3.63, 3.8) is 0 Å². The lowest BCUT2D eigenvalue weighted by molar-refractivity contribution is -0.0399. The molecule has 2 aromatic heterocycles. The molecule has 55 heavy (non-hydrogen) atoms. The maximum absolute atomic E-state index is 2.67. The Morgan fingerprint density at radius 2 is 1.16 bits per heavy atom. The van der Waals surface area contributed by atoms with Gasteiger partial charge in [-0.05, 0) is 133 Å². The van der Waals surface area contributed by atoms with Crippen LogP contribution in [0.4, 0.5) is 17.1 Å². The van der Waals surface area contributed by atoms with Gasteiger partial charge in [0.05, 0.1) is 27.1 Å². The molecule has 264 valence electrons. The normalized spacial score (nSPS) is 23.3. The Morgan fingerprint density at radius 3 is 2.02 bits per heavy atom. The Balaban J connectivity index is 1.12. The Morgan fingerprint density at radius 1 is 0.509 bits per heavy atom. The quantitative estimate of drug-likeness (QED) is 0.175. The highest BCUT2D eigenvalue weighted by Crippen LogP contribution is 2.69. The van der Waals surface area contributed by atoms with Crippen LogP contribution in [0.15, 0.2) is 158 Å². The molecule has 4 fully saturated rings. The van der Waals surface area contributed by atoms with Crippen LogP contribution in [0, 0.1) is 23.7 Å². The molecule has 0 atom stereocenters. The zero-order chi connectivity index (χ0) is 35.8. The molecule has 5 aliphatic carbocycles. The van der Waals surface area contributed by atoms with Gasteiger partial charge in [-0.15, -0.1) is 11.3 Å². The van der Waals surface area contributed by atoms with Crippen LogP contribution in [0.1, 0.15) is 43.2 Å². The number of hydrogen-bond donors (Lipinski definition) is 0. The average molecular weight is 725 g/mol. The molecular formula is C52H40N2S. The van der Waals surface area contributed by atoms with Gasteiger partial charge in [0.2, 0.25) is 0 Å². The first-order valence-corrected chi connectivity index (χ1v) is 21.1. The summed E-state index contributed by atoms with van der Waals surface area (Å²) in [6.45, 7) is 0. The SMILES string of the molecule is c1ccc(-n2c3ccccc3c3c(N(c4ccc5c(c4)C4(c6ccccc6-5)C5CC6CC(C5)CC4C6)c4cccc5c4sc4ccccc45)cccc32)cc1. The van der Waals surface area contributed by atoms with Gasteiger partial charge in [-0.1, -0.05) is 103 Å². The molecule has 0 radical (unpaired) electrons. The van der Waals surface area contributed by atoms with Crippen molar-refractivity contribution in [2.45, 2.75) is 37.5 Å². The van der Waals surface area contributed by atoms with Crippen LogP contribution in [-0.2, 0) is 5.41 Å². The molecule has 0 unspecified atom stereocenters. The summed E-state index contributed by atoms with van der Waals surface area (Å²) in [5, 5.41) is 5.22. The van der Waals surface area contributed by atoms with Crippen LogP contribution in [0.5, 0.6) is 0 Å². The highest BCUT2D eigenvalue weighted by atomic mass is 32.1. The van der Waals surface area contributed by atoms with Crippen LogP contribution < -0.4 is 4.90 Å². The van der Waals surface area contributed by atoms with Crippen molar-refractivity contribution in [1.29, 1.82) is 0 Å². The van der Waals surface area contributed by atoms with E-state index in [4.69, 9.17) is 0 Å². The van der Waals surface area contributed by atoms with Gasteiger partial charge in [0.15, 0.2) is 0 Å². The number of nitrogens with zero attached hydrogens (tertiary/aromatic N) is 2. The molecule has 4 bridgehead atoms. The first-order chi connectivity index (χ1) is 27.3. The van der Waals surface area contributed by atoms with Crippen LogP contribution in [0.3, 0.4) is 0 Å². The van der Waals surface area contributed by atoms with Crippen LogP contribution in [0.25, 0.3) is 58.8 Å². The van der Waals surface area contributed by atoms with E-state index in [1.807, 2.05) is 11.3 Å². The van der Waals surface area contributed by atoms with E-state index in [1.165, 1.54) is 108 Å². The standard InChI is InChI=1S/C52H40N2S/c1-2-12-36(13-3-1)53-45-19-8-5-16-42(45)50-46(53)20-11-21-47(50)54(48-22-10-17-41-40-15-6-9-23-49(40)55-51(41)48)37-24-25-39-38-14-4-7-18-43(38)52(44(39)31-37)34-27-32-26-33(29-34)30-35(52)28-32/h1-25,31-35H,26-30H2. The maximum Gasteiger partial charge on any atom is 0.0640 e. The molecule has 0 saturated heterocycles. The fraction of sp³-hybridized carbons (Fsp3) is 0.192. The molecule has 1 spiro atoms. The summed E-state index contributed by atoms with van der Waals surface area (Å²) in [7, 11) is 0. The summed E-state index contributed by atoms with van der Waals surface area (Å²) < 4.78 is 5.12. The number of hydrogen-bond acceptors (Lipinski definition) is 2. The number of anilines is 3. The lowest BCUT2D eigenvalue weighted by Crippen LogP contribution is -2.55. The van der Waals surface area contributed by atoms with Crippen LogP contribution >= 0.6 is 11.3 Å². The monoisotopic (exact) mass is 724 g/mol. The summed E-state index contributed by atoms with van der Waals surface area (Å²) in [6, 6.07) is 59.8. The Kier molecular flexibility index (Phi) is 6.25. The molecule has 4 saturated carbocycles. The predicted molar refractivity (Wildman–Crippen MR) is 232 cm³/mol. The smallest absolute Gasteiger partial charge is 0.0640 e. The molecule has 5 aliphatic rings. The van der Waals surface area contributed by atoms with Crippen molar-refractivity contribution in [2.75, 3.05) is 4.90 Å². The third-order valence-electron chi connectivity index (χ3n) is 14.4. The van der Waals surface area contributed by atoms with E-state index in [0.717, 1.165) is 11.8 Å². The lowest BCUT2D eigenvalue weighted by Gasteiger charge is -2.61. The number of fused-ring (bicyclic) bond motifs is 9. The summed E-state index contributed by atoms with van der Waals surface area (Å²) in [4.78, 5) is 2.63. The first-order valence-electron chi connectivity index (χ1n) is 20.3. The third kappa shape index (κ3) is 4.04. The summed E-state index contributed by atoms with van der Waals surface area (Å²) >= 11 is 1.93. The average Bonchev–Trinajstić information content (AvgIpc) is 3.87. The maximum atomic E-state index is 2.67. The van der Waals surface area contributed by atoms with Crippen molar-refractivity contribution >= 4 is 70.4 Å². The van der Waals surface area contributed by atoms with Gasteiger partial charge in [0.25, 0.3) is 0 Å². The predicted octanol–water partition coefficient (Wildman–Crippen LogP) is 14.3. The Labute approximate surface area is 325 Å². The lowest BCUT2D eigenvalue weighted by atomic mass is 9.43. The Bertz CT molecular complexity index is 2990. The van der Waals surface area contributed by atoms with Crippen LogP contribution in [0.2, 0.25) is 0 Å². The van der Waals surface area contributed by atoms with Gasteiger partial charge in [0, 0.05) is 43.0 Å². The fourth-order valence-electron chi connectivity index (χ4n) is 12.6. The molecule has 0 aliphatic heterocycles. The Hall–Kier alpha value is -5.64. The summed E-state index contributed by atoms with van der Waals surface area (Å²) in [5.41, 5.74) is 13.6. The van der Waals surface area contributed by atoms with E-state index in [9.17, 15) is 0 Å².